The number of ether oxygens (including phenoxy) is 2. The Kier molecular flexibility index (Phi) is 6.44. The quantitative estimate of drug-likeness (QED) is 0.350. The van der Waals surface area contributed by atoms with Gasteiger partial charge in [0.05, 0.1) is 16.6 Å². The Balaban J connectivity index is 1.76. The number of nitro groups is 1. The van der Waals surface area contributed by atoms with Gasteiger partial charge in [-0.2, -0.15) is 0 Å². The third-order valence-electron chi connectivity index (χ3n) is 3.43. The van der Waals surface area contributed by atoms with Crippen LogP contribution in [0.1, 0.15) is 18.4 Å². The van der Waals surface area contributed by atoms with Crippen LogP contribution in [0.25, 0.3) is 6.08 Å². The summed E-state index contributed by atoms with van der Waals surface area (Å²) in [5.41, 5.74) is 0.165. The summed E-state index contributed by atoms with van der Waals surface area (Å²) in [5, 5.41) is 13.5. The Bertz CT molecular complexity index is 637. The van der Waals surface area contributed by atoms with Gasteiger partial charge in [-0.1, -0.05) is 12.1 Å². The van der Waals surface area contributed by atoms with Crippen molar-refractivity contribution in [2.75, 3.05) is 19.8 Å². The number of amides is 1. The number of carbonyl (C=O) groups is 2. The van der Waals surface area contributed by atoms with Crippen LogP contribution in [0.2, 0.25) is 0 Å². The number of rotatable bonds is 7. The predicted octanol–water partition coefficient (Wildman–Crippen LogP) is 1.45. The fraction of sp³-hybridized carbons (Fsp3) is 0.375. The Labute approximate surface area is 138 Å². The molecule has 1 aromatic carbocycles. The van der Waals surface area contributed by atoms with E-state index in [4.69, 9.17) is 9.47 Å². The van der Waals surface area contributed by atoms with E-state index in [1.807, 2.05) is 0 Å². The van der Waals surface area contributed by atoms with Crippen LogP contribution in [-0.2, 0) is 19.1 Å². The third-order valence-corrected chi connectivity index (χ3v) is 3.43. The molecular formula is C16H18N2O6. The molecule has 0 aromatic heterocycles. The summed E-state index contributed by atoms with van der Waals surface area (Å²) in [4.78, 5) is 33.5. The van der Waals surface area contributed by atoms with E-state index in [9.17, 15) is 19.7 Å². The lowest BCUT2D eigenvalue weighted by Gasteiger charge is -2.10. The minimum atomic E-state index is -0.750. The second-order valence-electron chi connectivity index (χ2n) is 5.20. The molecule has 0 saturated carbocycles. The first-order valence-corrected chi connectivity index (χ1v) is 7.53. The first-order chi connectivity index (χ1) is 11.6. The summed E-state index contributed by atoms with van der Waals surface area (Å²) < 4.78 is 10.2. The van der Waals surface area contributed by atoms with E-state index in [0.717, 1.165) is 18.9 Å². The fourth-order valence-corrected chi connectivity index (χ4v) is 2.22. The SMILES string of the molecule is O=C(COC(=O)/C=C/c1ccccc1[N+](=O)[O-])NC[C@@H]1CCCO1. The zero-order valence-corrected chi connectivity index (χ0v) is 13.0. The van der Waals surface area contributed by atoms with Gasteiger partial charge >= 0.3 is 5.97 Å². The van der Waals surface area contributed by atoms with E-state index in [1.54, 1.807) is 6.07 Å². The highest BCUT2D eigenvalue weighted by Crippen LogP contribution is 2.18. The van der Waals surface area contributed by atoms with Crippen molar-refractivity contribution in [1.82, 2.24) is 5.32 Å². The zero-order valence-electron chi connectivity index (χ0n) is 13.0. The molecule has 1 aliphatic rings. The lowest BCUT2D eigenvalue weighted by Crippen LogP contribution is -2.34. The van der Waals surface area contributed by atoms with Gasteiger partial charge in [0.1, 0.15) is 0 Å². The normalized spacial score (nSPS) is 16.9. The largest absolute Gasteiger partial charge is 0.452 e. The second-order valence-corrected chi connectivity index (χ2v) is 5.20. The molecule has 0 aliphatic carbocycles. The van der Waals surface area contributed by atoms with E-state index in [-0.39, 0.29) is 17.4 Å². The van der Waals surface area contributed by atoms with Gasteiger partial charge in [0, 0.05) is 25.3 Å². The average Bonchev–Trinajstić information content (AvgIpc) is 3.10. The molecule has 0 spiro atoms. The number of nitro benzene ring substituents is 1. The third kappa shape index (κ3) is 5.47. The lowest BCUT2D eigenvalue weighted by atomic mass is 10.1. The predicted molar refractivity (Wildman–Crippen MR) is 85.1 cm³/mol. The monoisotopic (exact) mass is 334 g/mol. The molecule has 1 heterocycles. The molecule has 1 atom stereocenters. The summed E-state index contributed by atoms with van der Waals surface area (Å²) in [7, 11) is 0. The van der Waals surface area contributed by atoms with E-state index in [1.165, 1.54) is 24.3 Å². The highest BCUT2D eigenvalue weighted by molar-refractivity contribution is 5.89. The Morgan fingerprint density at radius 1 is 1.42 bits per heavy atom. The van der Waals surface area contributed by atoms with Gasteiger partial charge in [0.25, 0.3) is 11.6 Å². The topological polar surface area (TPSA) is 108 Å². The van der Waals surface area contributed by atoms with Crippen molar-refractivity contribution >= 4 is 23.6 Å². The molecular weight excluding hydrogens is 316 g/mol. The molecule has 1 fully saturated rings. The molecule has 8 heteroatoms. The van der Waals surface area contributed by atoms with Crippen molar-refractivity contribution in [1.29, 1.82) is 0 Å². The van der Waals surface area contributed by atoms with E-state index >= 15 is 0 Å². The van der Waals surface area contributed by atoms with Gasteiger partial charge in [-0.3, -0.25) is 14.9 Å². The van der Waals surface area contributed by atoms with Crippen molar-refractivity contribution in [2.45, 2.75) is 18.9 Å². The smallest absolute Gasteiger partial charge is 0.331 e. The summed E-state index contributed by atoms with van der Waals surface area (Å²) >= 11 is 0. The number of hydrogen-bond acceptors (Lipinski definition) is 6. The Morgan fingerprint density at radius 3 is 2.92 bits per heavy atom. The van der Waals surface area contributed by atoms with E-state index < -0.39 is 23.4 Å². The maximum atomic E-state index is 11.6. The van der Waals surface area contributed by atoms with Crippen LogP contribution in [0.15, 0.2) is 30.3 Å². The molecule has 128 valence electrons. The number of para-hydroxylation sites is 1. The molecule has 1 saturated heterocycles. The molecule has 1 amide bonds. The van der Waals surface area contributed by atoms with Crippen molar-refractivity contribution in [3.8, 4) is 0 Å². The van der Waals surface area contributed by atoms with Crippen LogP contribution in [0.4, 0.5) is 5.69 Å². The van der Waals surface area contributed by atoms with Crippen LogP contribution < -0.4 is 5.32 Å². The highest BCUT2D eigenvalue weighted by Gasteiger charge is 2.16. The standard InChI is InChI=1S/C16H18N2O6/c19-15(17-10-13-5-3-9-23-13)11-24-16(20)8-7-12-4-1-2-6-14(12)18(21)22/h1-2,4,6-8,13H,3,5,9-11H2,(H,17,19)/b8-7+/t13-/m0/s1. The van der Waals surface area contributed by atoms with Crippen molar-refractivity contribution in [2.24, 2.45) is 0 Å². The molecule has 1 aromatic rings. The molecule has 0 radical (unpaired) electrons. The molecule has 2 rings (SSSR count). The van der Waals surface area contributed by atoms with Gasteiger partial charge in [0.15, 0.2) is 6.61 Å². The summed E-state index contributed by atoms with van der Waals surface area (Å²) in [6, 6.07) is 6.00. The van der Waals surface area contributed by atoms with Crippen LogP contribution in [0.5, 0.6) is 0 Å². The summed E-state index contributed by atoms with van der Waals surface area (Å²) in [6.45, 7) is 0.682. The van der Waals surface area contributed by atoms with Gasteiger partial charge < -0.3 is 14.8 Å². The number of nitrogens with zero attached hydrogens (tertiary/aromatic N) is 1. The number of nitrogens with one attached hydrogen (secondary N) is 1. The number of carbonyl (C=O) groups excluding carboxylic acids is 2. The van der Waals surface area contributed by atoms with Crippen molar-refractivity contribution in [3.63, 3.8) is 0 Å². The van der Waals surface area contributed by atoms with Gasteiger partial charge in [0.2, 0.25) is 0 Å². The first-order valence-electron chi connectivity index (χ1n) is 7.53. The number of esters is 1. The maximum absolute atomic E-state index is 11.6. The van der Waals surface area contributed by atoms with E-state index in [2.05, 4.69) is 5.32 Å². The van der Waals surface area contributed by atoms with Gasteiger partial charge in [-0.25, -0.2) is 4.79 Å². The molecule has 0 unspecified atom stereocenters. The van der Waals surface area contributed by atoms with Crippen molar-refractivity contribution < 1.29 is 24.0 Å². The first kappa shape index (κ1) is 17.6. The molecule has 1 aliphatic heterocycles. The fourth-order valence-electron chi connectivity index (χ4n) is 2.22. The zero-order chi connectivity index (χ0) is 17.4. The molecule has 0 bridgehead atoms. The highest BCUT2D eigenvalue weighted by atomic mass is 16.6. The van der Waals surface area contributed by atoms with Crippen LogP contribution in [-0.4, -0.2) is 42.7 Å². The average molecular weight is 334 g/mol. The summed E-state index contributed by atoms with van der Waals surface area (Å²) in [5.74, 6) is -1.17. The van der Waals surface area contributed by atoms with Crippen LogP contribution in [0.3, 0.4) is 0 Å². The Morgan fingerprint density at radius 2 is 2.21 bits per heavy atom. The minimum Gasteiger partial charge on any atom is -0.452 e. The Hall–Kier alpha value is -2.74. The molecule has 1 N–H and O–H groups in total. The van der Waals surface area contributed by atoms with Gasteiger partial charge in [-0.05, 0) is 25.0 Å². The minimum absolute atomic E-state index is 0.0168. The lowest BCUT2D eigenvalue weighted by molar-refractivity contribution is -0.385. The summed E-state index contributed by atoms with van der Waals surface area (Å²) in [6.07, 6.45) is 4.23. The number of benzene rings is 1. The number of hydrogen-bond donors (Lipinski definition) is 1. The van der Waals surface area contributed by atoms with Crippen LogP contribution in [0, 0.1) is 10.1 Å². The molecule has 24 heavy (non-hydrogen) atoms. The van der Waals surface area contributed by atoms with Crippen molar-refractivity contribution in [3.05, 3.63) is 46.0 Å². The van der Waals surface area contributed by atoms with E-state index in [0.29, 0.717) is 13.2 Å². The molecule has 8 nitrogen and oxygen atoms in total. The van der Waals surface area contributed by atoms with Gasteiger partial charge in [-0.15, -0.1) is 0 Å². The maximum Gasteiger partial charge on any atom is 0.331 e. The van der Waals surface area contributed by atoms with Crippen LogP contribution >= 0.6 is 0 Å². The second kappa shape index (κ2) is 8.78.